The molecule has 6 heteroatoms. The summed E-state index contributed by atoms with van der Waals surface area (Å²) in [5, 5.41) is 0. The van der Waals surface area contributed by atoms with Crippen LogP contribution in [0.15, 0.2) is 72.8 Å². The summed E-state index contributed by atoms with van der Waals surface area (Å²) in [6.45, 7) is 3.40. The largest absolute Gasteiger partial charge is 0.493 e. The van der Waals surface area contributed by atoms with Gasteiger partial charge in [0.15, 0.2) is 17.6 Å². The second-order valence-corrected chi connectivity index (χ2v) is 9.40. The molecule has 178 valence electrons. The van der Waals surface area contributed by atoms with Crippen molar-refractivity contribution < 1.29 is 19.0 Å². The quantitative estimate of drug-likeness (QED) is 0.314. The van der Waals surface area contributed by atoms with Gasteiger partial charge in [-0.3, -0.25) is 4.79 Å². The lowest BCUT2D eigenvalue weighted by Crippen LogP contribution is -2.32. The van der Waals surface area contributed by atoms with Crippen molar-refractivity contribution in [3.05, 3.63) is 72.8 Å². The third-order valence-electron chi connectivity index (χ3n) is 5.75. The molecule has 1 atom stereocenters. The van der Waals surface area contributed by atoms with Crippen molar-refractivity contribution in [1.82, 2.24) is 0 Å². The third kappa shape index (κ3) is 5.86. The number of ether oxygens (including phenoxy) is 3. The highest BCUT2D eigenvalue weighted by Gasteiger charge is 2.34. The smallest absolute Gasteiger partial charge is 0.268 e. The summed E-state index contributed by atoms with van der Waals surface area (Å²) >= 11 is 1.91. The van der Waals surface area contributed by atoms with Crippen molar-refractivity contribution in [1.29, 1.82) is 0 Å². The molecule has 0 N–H and O–H groups in total. The minimum Gasteiger partial charge on any atom is -0.493 e. The van der Waals surface area contributed by atoms with Gasteiger partial charge in [0.25, 0.3) is 5.91 Å². The van der Waals surface area contributed by atoms with Gasteiger partial charge in [-0.2, -0.15) is 11.8 Å². The van der Waals surface area contributed by atoms with Gasteiger partial charge in [0, 0.05) is 24.7 Å². The number of thioether (sulfide) groups is 1. The summed E-state index contributed by atoms with van der Waals surface area (Å²) in [4.78, 5) is 14.8. The Kier molecular flexibility index (Phi) is 8.36. The van der Waals surface area contributed by atoms with Crippen LogP contribution in [0.3, 0.4) is 0 Å². The van der Waals surface area contributed by atoms with Crippen LogP contribution in [0.5, 0.6) is 17.2 Å². The van der Waals surface area contributed by atoms with Crippen LogP contribution in [0.25, 0.3) is 11.1 Å². The molecule has 0 aliphatic carbocycles. The number of benzene rings is 3. The highest BCUT2D eigenvalue weighted by Crippen LogP contribution is 2.34. The highest BCUT2D eigenvalue weighted by atomic mass is 32.2. The molecule has 1 amide bonds. The molecule has 0 bridgehead atoms. The van der Waals surface area contributed by atoms with E-state index in [1.807, 2.05) is 72.4 Å². The molecule has 1 fully saturated rings. The molecule has 5 nitrogen and oxygen atoms in total. The lowest BCUT2D eigenvalue weighted by atomic mass is 10.1. The number of anilines is 1. The van der Waals surface area contributed by atoms with E-state index in [2.05, 4.69) is 19.1 Å². The lowest BCUT2D eigenvalue weighted by molar-refractivity contribution is -0.122. The number of nitrogens with zero attached hydrogens (tertiary/aromatic N) is 1. The normalized spacial score (nSPS) is 15.4. The predicted molar refractivity (Wildman–Crippen MR) is 139 cm³/mol. The number of carbonyl (C=O) groups excluding carboxylic acids is 1. The van der Waals surface area contributed by atoms with Gasteiger partial charge in [0.2, 0.25) is 0 Å². The first-order chi connectivity index (χ1) is 16.7. The van der Waals surface area contributed by atoms with Crippen LogP contribution in [-0.4, -0.2) is 43.8 Å². The van der Waals surface area contributed by atoms with Crippen LogP contribution >= 0.6 is 11.8 Å². The Hall–Kier alpha value is -3.12. The first kappa shape index (κ1) is 24.0. The number of hydrogen-bond acceptors (Lipinski definition) is 5. The monoisotopic (exact) mass is 477 g/mol. The van der Waals surface area contributed by atoms with E-state index in [9.17, 15) is 4.79 Å². The van der Waals surface area contributed by atoms with Gasteiger partial charge in [0.05, 0.1) is 13.7 Å². The summed E-state index contributed by atoms with van der Waals surface area (Å²) in [6.07, 6.45) is 1.12. The molecule has 1 unspecified atom stereocenters. The first-order valence-electron chi connectivity index (χ1n) is 11.7. The van der Waals surface area contributed by atoms with E-state index >= 15 is 0 Å². The summed E-state index contributed by atoms with van der Waals surface area (Å²) in [5.74, 6) is 4.18. The molecule has 4 rings (SSSR count). The van der Waals surface area contributed by atoms with Crippen LogP contribution in [0.2, 0.25) is 0 Å². The average Bonchev–Trinajstić information content (AvgIpc) is 3.24. The van der Waals surface area contributed by atoms with Crippen molar-refractivity contribution in [2.24, 2.45) is 0 Å². The summed E-state index contributed by atoms with van der Waals surface area (Å²) in [5.41, 5.74) is 3.06. The van der Waals surface area contributed by atoms with Gasteiger partial charge in [-0.15, -0.1) is 0 Å². The van der Waals surface area contributed by atoms with Gasteiger partial charge in [-0.1, -0.05) is 49.4 Å². The van der Waals surface area contributed by atoms with E-state index in [1.54, 1.807) is 12.0 Å². The van der Waals surface area contributed by atoms with E-state index in [0.717, 1.165) is 34.7 Å². The molecule has 1 saturated heterocycles. The zero-order valence-electron chi connectivity index (χ0n) is 19.7. The standard InChI is InChI=1S/C28H31NO4S/c1-3-34-19-7-18-32-25-15-12-23(20-27(25)31-2)29-17-16-26(28(29)30)33-24-13-10-22(11-14-24)21-8-5-4-6-9-21/h4-6,8-15,20,26H,3,7,16-19H2,1-2H3. The van der Waals surface area contributed by atoms with Gasteiger partial charge >= 0.3 is 0 Å². The molecular weight excluding hydrogens is 446 g/mol. The average molecular weight is 478 g/mol. The number of methoxy groups -OCH3 is 1. The Bertz CT molecular complexity index is 1070. The first-order valence-corrected chi connectivity index (χ1v) is 12.9. The maximum absolute atomic E-state index is 13.1. The molecule has 3 aromatic carbocycles. The van der Waals surface area contributed by atoms with Crippen LogP contribution in [0.4, 0.5) is 5.69 Å². The second-order valence-electron chi connectivity index (χ2n) is 8.01. The SMILES string of the molecule is CCSCCCOc1ccc(N2CCC(Oc3ccc(-c4ccccc4)cc3)C2=O)cc1OC. The van der Waals surface area contributed by atoms with E-state index in [-0.39, 0.29) is 5.91 Å². The topological polar surface area (TPSA) is 48.0 Å². The maximum atomic E-state index is 13.1. The molecule has 0 radical (unpaired) electrons. The van der Waals surface area contributed by atoms with Crippen LogP contribution in [0, 0.1) is 0 Å². The second kappa shape index (κ2) is 11.8. The number of carbonyl (C=O) groups is 1. The Morgan fingerprint density at radius 2 is 1.74 bits per heavy atom. The van der Waals surface area contributed by atoms with Gasteiger partial charge in [-0.25, -0.2) is 0 Å². The minimum absolute atomic E-state index is 0.0422. The van der Waals surface area contributed by atoms with Crippen molar-refractivity contribution in [2.75, 3.05) is 36.7 Å². The van der Waals surface area contributed by atoms with Crippen molar-refractivity contribution in [3.63, 3.8) is 0 Å². The summed E-state index contributed by atoms with van der Waals surface area (Å²) in [7, 11) is 1.62. The Labute approximate surface area is 206 Å². The maximum Gasteiger partial charge on any atom is 0.268 e. The third-order valence-corrected chi connectivity index (χ3v) is 6.74. The molecule has 0 saturated carbocycles. The Balaban J connectivity index is 1.37. The zero-order chi connectivity index (χ0) is 23.8. The number of rotatable bonds is 11. The van der Waals surface area contributed by atoms with Gasteiger partial charge in [0.1, 0.15) is 5.75 Å². The number of amides is 1. The predicted octanol–water partition coefficient (Wildman–Crippen LogP) is 6.07. The molecule has 34 heavy (non-hydrogen) atoms. The summed E-state index contributed by atoms with van der Waals surface area (Å²) in [6, 6.07) is 23.7. The fourth-order valence-electron chi connectivity index (χ4n) is 3.97. The van der Waals surface area contributed by atoms with Crippen molar-refractivity contribution >= 4 is 23.4 Å². The molecule has 3 aromatic rings. The van der Waals surface area contributed by atoms with Gasteiger partial charge < -0.3 is 19.1 Å². The highest BCUT2D eigenvalue weighted by molar-refractivity contribution is 7.99. The summed E-state index contributed by atoms with van der Waals surface area (Å²) < 4.78 is 17.5. The molecule has 1 heterocycles. The molecule has 1 aliphatic heterocycles. The van der Waals surface area contributed by atoms with Crippen LogP contribution in [-0.2, 0) is 4.79 Å². The Morgan fingerprint density at radius 1 is 0.971 bits per heavy atom. The van der Waals surface area contributed by atoms with Gasteiger partial charge in [-0.05, 0) is 53.3 Å². The number of hydrogen-bond donors (Lipinski definition) is 0. The molecule has 1 aliphatic rings. The van der Waals surface area contributed by atoms with E-state index < -0.39 is 6.10 Å². The van der Waals surface area contributed by atoms with Crippen molar-refractivity contribution in [2.45, 2.75) is 25.9 Å². The molecule has 0 spiro atoms. The minimum atomic E-state index is -0.499. The zero-order valence-corrected chi connectivity index (χ0v) is 20.6. The molecular formula is C28H31NO4S. The van der Waals surface area contributed by atoms with Crippen LogP contribution < -0.4 is 19.1 Å². The van der Waals surface area contributed by atoms with E-state index in [0.29, 0.717) is 36.8 Å². The van der Waals surface area contributed by atoms with Crippen molar-refractivity contribution in [3.8, 4) is 28.4 Å². The van der Waals surface area contributed by atoms with Crippen LogP contribution in [0.1, 0.15) is 19.8 Å². The fraction of sp³-hybridized carbons (Fsp3) is 0.321. The Morgan fingerprint density at radius 3 is 2.47 bits per heavy atom. The van der Waals surface area contributed by atoms with E-state index in [4.69, 9.17) is 14.2 Å². The van der Waals surface area contributed by atoms with E-state index in [1.165, 1.54) is 0 Å². The molecule has 0 aromatic heterocycles. The lowest BCUT2D eigenvalue weighted by Gasteiger charge is -2.19. The fourth-order valence-corrected chi connectivity index (χ4v) is 4.58.